The van der Waals surface area contributed by atoms with Crippen molar-refractivity contribution < 1.29 is 18.3 Å². The summed E-state index contributed by atoms with van der Waals surface area (Å²) in [6.07, 6.45) is 4.85. The van der Waals surface area contributed by atoms with Gasteiger partial charge in [0, 0.05) is 45.4 Å². The normalized spacial score (nSPS) is 20.1. The second-order valence-corrected chi connectivity index (χ2v) is 8.78. The van der Waals surface area contributed by atoms with Gasteiger partial charge in [-0.1, -0.05) is 14.9 Å². The Morgan fingerprint density at radius 2 is 2.00 bits per heavy atom. The van der Waals surface area contributed by atoms with Crippen molar-refractivity contribution in [1.29, 1.82) is 0 Å². The summed E-state index contributed by atoms with van der Waals surface area (Å²) in [6.45, 7) is 4.31. The lowest BCUT2D eigenvalue weighted by Crippen LogP contribution is -2.52. The molecule has 1 fully saturated rings. The maximum atomic E-state index is 13.0. The zero-order chi connectivity index (χ0) is 22.3. The van der Waals surface area contributed by atoms with Crippen LogP contribution < -0.4 is 10.2 Å². The lowest BCUT2D eigenvalue weighted by Gasteiger charge is -2.38. The molecular formula is C24H37F2N5O2. The van der Waals surface area contributed by atoms with Gasteiger partial charge in [-0.25, -0.2) is 8.78 Å². The first kappa shape index (κ1) is 26.7. The number of amides is 1. The van der Waals surface area contributed by atoms with Crippen LogP contribution in [0.3, 0.4) is 0 Å². The largest absolute Gasteiger partial charge is 0.379 e. The monoisotopic (exact) mass is 465 g/mol. The van der Waals surface area contributed by atoms with E-state index in [1.807, 2.05) is 38.1 Å². The summed E-state index contributed by atoms with van der Waals surface area (Å²) in [5.41, 5.74) is 4.42. The molecule has 0 aromatic carbocycles. The van der Waals surface area contributed by atoms with E-state index in [1.54, 1.807) is 18.0 Å². The average molecular weight is 466 g/mol. The second-order valence-electron chi connectivity index (χ2n) is 8.78. The Bertz CT molecular complexity index is 970. The summed E-state index contributed by atoms with van der Waals surface area (Å²) in [5, 5.41) is 7.30. The van der Waals surface area contributed by atoms with Crippen molar-refractivity contribution >= 4 is 17.3 Å². The molecule has 2 atom stereocenters. The van der Waals surface area contributed by atoms with Crippen LogP contribution in [0.5, 0.6) is 0 Å². The number of halogens is 2. The molecule has 2 aromatic rings. The molecule has 0 unspecified atom stereocenters. The van der Waals surface area contributed by atoms with Gasteiger partial charge in [-0.3, -0.25) is 14.5 Å². The number of nitrogens with zero attached hydrogens (tertiary/aromatic N) is 4. The predicted molar refractivity (Wildman–Crippen MR) is 127 cm³/mol. The van der Waals surface area contributed by atoms with Crippen molar-refractivity contribution in [2.24, 2.45) is 5.92 Å². The van der Waals surface area contributed by atoms with Crippen LogP contribution in [0.2, 0.25) is 0 Å². The molecule has 184 valence electrons. The number of carbonyl (C=O) groups is 1. The van der Waals surface area contributed by atoms with Crippen molar-refractivity contribution in [3.8, 4) is 0 Å². The standard InChI is InChI=1S/C22H29F2N5O2.2CH4/c1-13-19-18(28(3)20(14(2)31-4)21(30)27-19)7-17(26-13)6-5-15-10-25-29(11-15)12-16-8-22(23,24)9-16;;/h7,10-11,14,16,20H,5-6,8-9,12H2,1-4H3,(H,27,30);2*1H4/t14-,20+;;/m1../s1. The van der Waals surface area contributed by atoms with E-state index < -0.39 is 12.0 Å². The van der Waals surface area contributed by atoms with Gasteiger partial charge in [0.2, 0.25) is 11.8 Å². The third-order valence-electron chi connectivity index (χ3n) is 6.34. The van der Waals surface area contributed by atoms with Crippen LogP contribution >= 0.6 is 0 Å². The fourth-order valence-electron chi connectivity index (χ4n) is 4.55. The Morgan fingerprint density at radius 3 is 2.64 bits per heavy atom. The van der Waals surface area contributed by atoms with Crippen molar-refractivity contribution in [3.63, 3.8) is 0 Å². The van der Waals surface area contributed by atoms with Gasteiger partial charge in [0.25, 0.3) is 0 Å². The Kier molecular flexibility index (Phi) is 8.22. The number of pyridine rings is 1. The quantitative estimate of drug-likeness (QED) is 0.653. The van der Waals surface area contributed by atoms with Crippen LogP contribution in [-0.4, -0.2) is 52.9 Å². The number of ether oxygens (including phenoxy) is 1. The molecule has 1 aliphatic carbocycles. The Labute approximate surface area is 195 Å². The summed E-state index contributed by atoms with van der Waals surface area (Å²) >= 11 is 0. The van der Waals surface area contributed by atoms with Crippen LogP contribution in [0.4, 0.5) is 20.2 Å². The first-order chi connectivity index (χ1) is 14.7. The van der Waals surface area contributed by atoms with Crippen LogP contribution in [0.25, 0.3) is 0 Å². The molecule has 33 heavy (non-hydrogen) atoms. The highest BCUT2D eigenvalue weighted by Gasteiger charge is 2.45. The fraction of sp³-hybridized carbons (Fsp3) is 0.625. The number of aromatic nitrogens is 3. The molecule has 7 nitrogen and oxygen atoms in total. The van der Waals surface area contributed by atoms with Gasteiger partial charge >= 0.3 is 0 Å². The molecule has 2 aromatic heterocycles. The molecule has 9 heteroatoms. The topological polar surface area (TPSA) is 72.3 Å². The van der Waals surface area contributed by atoms with E-state index in [2.05, 4.69) is 15.4 Å². The summed E-state index contributed by atoms with van der Waals surface area (Å²) in [6, 6.07) is 1.60. The minimum Gasteiger partial charge on any atom is -0.379 e. The van der Waals surface area contributed by atoms with E-state index in [-0.39, 0.29) is 45.6 Å². The number of anilines is 2. The first-order valence-corrected chi connectivity index (χ1v) is 10.6. The smallest absolute Gasteiger partial charge is 0.249 e. The Hall–Kier alpha value is -2.55. The predicted octanol–water partition coefficient (Wildman–Crippen LogP) is 4.48. The van der Waals surface area contributed by atoms with Crippen LogP contribution in [0.15, 0.2) is 18.5 Å². The van der Waals surface area contributed by atoms with Crippen LogP contribution in [0, 0.1) is 12.8 Å². The van der Waals surface area contributed by atoms with Gasteiger partial charge in [0.1, 0.15) is 6.04 Å². The average Bonchev–Trinajstić information content (AvgIpc) is 3.13. The molecule has 3 heterocycles. The van der Waals surface area contributed by atoms with Crippen molar-refractivity contribution in [3.05, 3.63) is 35.4 Å². The van der Waals surface area contributed by atoms with Crippen LogP contribution in [0.1, 0.15) is 51.6 Å². The molecule has 1 N–H and O–H groups in total. The van der Waals surface area contributed by atoms with Gasteiger partial charge in [-0.2, -0.15) is 5.10 Å². The number of nitrogens with one attached hydrogen (secondary N) is 1. The van der Waals surface area contributed by atoms with Gasteiger partial charge in [-0.15, -0.1) is 0 Å². The highest BCUT2D eigenvalue weighted by Crippen LogP contribution is 2.43. The van der Waals surface area contributed by atoms with E-state index in [4.69, 9.17) is 4.74 Å². The van der Waals surface area contributed by atoms with Crippen molar-refractivity contribution in [1.82, 2.24) is 14.8 Å². The zero-order valence-corrected chi connectivity index (χ0v) is 18.4. The van der Waals surface area contributed by atoms with E-state index in [9.17, 15) is 13.6 Å². The molecular weight excluding hydrogens is 428 g/mol. The fourth-order valence-corrected chi connectivity index (χ4v) is 4.55. The lowest BCUT2D eigenvalue weighted by molar-refractivity contribution is -0.120. The number of rotatable bonds is 7. The SMILES string of the molecule is C.C.CO[C@H](C)[C@H]1C(=O)Nc2c(cc(CCc3cnn(CC4CC(F)(F)C4)c3)nc2C)N1C. The highest BCUT2D eigenvalue weighted by molar-refractivity contribution is 6.04. The number of likely N-dealkylation sites (N-methyl/N-ethyl adjacent to an activating group) is 1. The molecule has 1 amide bonds. The van der Waals surface area contributed by atoms with Gasteiger partial charge in [-0.05, 0) is 44.2 Å². The first-order valence-electron chi connectivity index (χ1n) is 10.6. The molecule has 4 rings (SSSR count). The van der Waals surface area contributed by atoms with Gasteiger partial charge in [0.15, 0.2) is 0 Å². The van der Waals surface area contributed by atoms with Gasteiger partial charge in [0.05, 0.1) is 29.4 Å². The summed E-state index contributed by atoms with van der Waals surface area (Å²) < 4.78 is 33.2. The number of carbonyl (C=O) groups excluding carboxylic acids is 1. The molecule has 1 aliphatic heterocycles. The van der Waals surface area contributed by atoms with Gasteiger partial charge < -0.3 is 15.0 Å². The number of aryl methyl sites for hydroxylation is 3. The van der Waals surface area contributed by atoms with E-state index in [0.717, 1.165) is 34.7 Å². The zero-order valence-electron chi connectivity index (χ0n) is 18.4. The van der Waals surface area contributed by atoms with Crippen molar-refractivity contribution in [2.75, 3.05) is 24.4 Å². The molecule has 1 saturated carbocycles. The maximum Gasteiger partial charge on any atom is 0.249 e. The second kappa shape index (κ2) is 10.2. The van der Waals surface area contributed by atoms with E-state index >= 15 is 0 Å². The number of hydrogen-bond donors (Lipinski definition) is 1. The third kappa shape index (κ3) is 5.51. The minimum absolute atomic E-state index is 0. The summed E-state index contributed by atoms with van der Waals surface area (Å²) in [7, 11) is 3.50. The summed E-state index contributed by atoms with van der Waals surface area (Å²) in [5.74, 6) is -2.59. The maximum absolute atomic E-state index is 13.0. The molecule has 0 saturated heterocycles. The number of fused-ring (bicyclic) bond motifs is 1. The lowest BCUT2D eigenvalue weighted by atomic mass is 9.81. The Balaban J connectivity index is 0.00000193. The molecule has 2 aliphatic rings. The Morgan fingerprint density at radius 1 is 1.30 bits per heavy atom. The summed E-state index contributed by atoms with van der Waals surface area (Å²) in [4.78, 5) is 19.2. The molecule has 0 radical (unpaired) electrons. The van der Waals surface area contributed by atoms with Crippen molar-refractivity contribution in [2.45, 2.75) is 79.0 Å². The molecule has 0 spiro atoms. The van der Waals surface area contributed by atoms with Crippen LogP contribution in [-0.2, 0) is 28.9 Å². The van der Waals surface area contributed by atoms with E-state index in [1.165, 1.54) is 0 Å². The third-order valence-corrected chi connectivity index (χ3v) is 6.34. The number of hydrogen-bond acceptors (Lipinski definition) is 5. The highest BCUT2D eigenvalue weighted by atomic mass is 19.3. The minimum atomic E-state index is -2.50. The number of methoxy groups -OCH3 is 1. The molecule has 0 bridgehead atoms. The van der Waals surface area contributed by atoms with E-state index in [0.29, 0.717) is 13.0 Å². The number of alkyl halides is 2.